The average molecular weight is 296 g/mol. The number of aryl methyl sites for hydroxylation is 1. The highest BCUT2D eigenvalue weighted by Gasteiger charge is 2.39. The van der Waals surface area contributed by atoms with Crippen molar-refractivity contribution in [2.45, 2.75) is 31.3 Å². The molecule has 19 heavy (non-hydrogen) atoms. The van der Waals surface area contributed by atoms with Crippen LogP contribution in [0.2, 0.25) is 0 Å². The summed E-state index contributed by atoms with van der Waals surface area (Å²) in [6, 6.07) is 4.93. The monoisotopic (exact) mass is 296 g/mol. The summed E-state index contributed by atoms with van der Waals surface area (Å²) < 4.78 is 74.8. The molecule has 0 saturated heterocycles. The van der Waals surface area contributed by atoms with E-state index in [4.69, 9.17) is 0 Å². The fraction of sp³-hybridized carbons (Fsp3) is 0.333. The van der Waals surface area contributed by atoms with Gasteiger partial charge in [0.05, 0.1) is 10.5 Å². The van der Waals surface area contributed by atoms with Crippen molar-refractivity contribution in [3.63, 3.8) is 0 Å². The summed E-state index contributed by atoms with van der Waals surface area (Å²) in [5, 5.41) is -2.13. The maximum atomic E-state index is 13.7. The van der Waals surface area contributed by atoms with Crippen LogP contribution in [0.4, 0.5) is 17.6 Å². The third kappa shape index (κ3) is 3.34. The van der Waals surface area contributed by atoms with Gasteiger partial charge in [-0.05, 0) is 25.5 Å². The lowest BCUT2D eigenvalue weighted by molar-refractivity contribution is -0.0949. The van der Waals surface area contributed by atoms with Gasteiger partial charge in [0.15, 0.2) is 0 Å². The summed E-state index contributed by atoms with van der Waals surface area (Å²) in [6.07, 6.45) is -5.75. The van der Waals surface area contributed by atoms with Crippen LogP contribution in [0.3, 0.4) is 0 Å². The zero-order valence-electron chi connectivity index (χ0n) is 10.3. The van der Waals surface area contributed by atoms with Crippen molar-refractivity contribution in [1.82, 2.24) is 0 Å². The molecule has 0 saturated carbocycles. The molecule has 0 aromatic heterocycles. The largest absolute Gasteiger partial charge is 0.416 e. The molecule has 0 atom stereocenters. The van der Waals surface area contributed by atoms with Gasteiger partial charge in [-0.15, -0.1) is 0 Å². The van der Waals surface area contributed by atoms with Gasteiger partial charge in [-0.2, -0.15) is 17.6 Å². The van der Waals surface area contributed by atoms with Gasteiger partial charge in [0, 0.05) is 0 Å². The number of alkyl halides is 3. The second-order valence-electron chi connectivity index (χ2n) is 3.92. The molecule has 1 aromatic rings. The molecule has 0 amide bonds. The fourth-order valence-electron chi connectivity index (χ4n) is 1.43. The smallest absolute Gasteiger partial charge is 0.216 e. The summed E-state index contributed by atoms with van der Waals surface area (Å²) in [7, 11) is -4.76. The average Bonchev–Trinajstić information content (AvgIpc) is 2.28. The van der Waals surface area contributed by atoms with Gasteiger partial charge in [-0.3, -0.25) is 0 Å². The first-order valence-electron chi connectivity index (χ1n) is 5.38. The number of hydrogen-bond acceptors (Lipinski definition) is 2. The minimum Gasteiger partial charge on any atom is -0.216 e. The van der Waals surface area contributed by atoms with Crippen LogP contribution in [0, 0.1) is 6.92 Å². The first-order chi connectivity index (χ1) is 8.60. The van der Waals surface area contributed by atoms with Crippen molar-refractivity contribution < 1.29 is 26.0 Å². The molecule has 0 aliphatic heterocycles. The summed E-state index contributed by atoms with van der Waals surface area (Å²) in [5.74, 6) is 0. The Labute approximate surface area is 108 Å². The maximum absolute atomic E-state index is 13.7. The van der Waals surface area contributed by atoms with Gasteiger partial charge in [0.25, 0.3) is 0 Å². The highest BCUT2D eigenvalue weighted by atomic mass is 32.2. The minimum atomic E-state index is -5.00. The predicted octanol–water partition coefficient (Wildman–Crippen LogP) is 3.92. The Hall–Kier alpha value is -1.37. The Kier molecular flexibility index (Phi) is 4.39. The Morgan fingerprint density at radius 3 is 2.00 bits per heavy atom. The van der Waals surface area contributed by atoms with Gasteiger partial charge in [-0.25, -0.2) is 8.42 Å². The van der Waals surface area contributed by atoms with E-state index in [0.717, 1.165) is 24.6 Å². The van der Waals surface area contributed by atoms with E-state index in [9.17, 15) is 26.0 Å². The van der Waals surface area contributed by atoms with Crippen LogP contribution >= 0.6 is 0 Å². The topological polar surface area (TPSA) is 34.1 Å². The molecule has 1 aromatic carbocycles. The highest BCUT2D eigenvalue weighted by Crippen LogP contribution is 2.35. The van der Waals surface area contributed by atoms with Crippen molar-refractivity contribution in [2.75, 3.05) is 0 Å². The first kappa shape index (κ1) is 15.7. The minimum absolute atomic E-state index is 0.495. The van der Waals surface area contributed by atoms with E-state index in [2.05, 4.69) is 0 Å². The predicted molar refractivity (Wildman–Crippen MR) is 62.8 cm³/mol. The molecular formula is C12H12F4O2S. The number of benzene rings is 1. The maximum Gasteiger partial charge on any atom is 0.416 e. The third-order valence-electron chi connectivity index (χ3n) is 2.50. The lowest BCUT2D eigenvalue weighted by Crippen LogP contribution is -2.16. The molecular weight excluding hydrogens is 284 g/mol. The van der Waals surface area contributed by atoms with E-state index in [1.807, 2.05) is 0 Å². The van der Waals surface area contributed by atoms with Crippen LogP contribution in [0.15, 0.2) is 39.9 Å². The van der Waals surface area contributed by atoms with Crippen LogP contribution < -0.4 is 0 Å². The van der Waals surface area contributed by atoms with Gasteiger partial charge < -0.3 is 0 Å². The van der Waals surface area contributed by atoms with Crippen molar-refractivity contribution in [3.05, 3.63) is 40.6 Å². The second-order valence-corrected chi connectivity index (χ2v) is 5.76. The molecule has 0 unspecified atom stereocenters. The van der Waals surface area contributed by atoms with Gasteiger partial charge in [0.1, 0.15) is 0 Å². The number of halogens is 4. The van der Waals surface area contributed by atoms with Crippen LogP contribution in [0.1, 0.15) is 18.9 Å². The quantitative estimate of drug-likeness (QED) is 0.792. The van der Waals surface area contributed by atoms with Crippen LogP contribution in [0.5, 0.6) is 0 Å². The van der Waals surface area contributed by atoms with E-state index in [1.165, 1.54) is 12.1 Å². The summed E-state index contributed by atoms with van der Waals surface area (Å²) >= 11 is 0. The molecule has 0 aliphatic rings. The summed E-state index contributed by atoms with van der Waals surface area (Å²) in [6.45, 7) is 2.73. The van der Waals surface area contributed by atoms with Crippen molar-refractivity contribution in [2.24, 2.45) is 0 Å². The van der Waals surface area contributed by atoms with E-state index < -0.39 is 38.1 Å². The highest BCUT2D eigenvalue weighted by molar-refractivity contribution is 7.95. The molecule has 0 bridgehead atoms. The zero-order chi connectivity index (χ0) is 14.8. The molecule has 7 heteroatoms. The summed E-state index contributed by atoms with van der Waals surface area (Å²) in [4.78, 5) is -0.495. The van der Waals surface area contributed by atoms with Gasteiger partial charge >= 0.3 is 6.18 Å². The van der Waals surface area contributed by atoms with Crippen LogP contribution in [0.25, 0.3) is 0 Å². The molecule has 0 spiro atoms. The Morgan fingerprint density at radius 2 is 1.63 bits per heavy atom. The SMILES string of the molecule is CC/C(=C(/F)S(=O)(=O)c1ccc(C)cc1)C(F)(F)F. The number of allylic oxidation sites excluding steroid dienone is 1. The zero-order valence-corrected chi connectivity index (χ0v) is 11.1. The van der Waals surface area contributed by atoms with Crippen LogP contribution in [-0.4, -0.2) is 14.6 Å². The lowest BCUT2D eigenvalue weighted by atomic mass is 10.2. The number of sulfone groups is 1. The molecule has 1 rings (SSSR count). The van der Waals surface area contributed by atoms with E-state index >= 15 is 0 Å². The van der Waals surface area contributed by atoms with Crippen molar-refractivity contribution in [1.29, 1.82) is 0 Å². The molecule has 0 aliphatic carbocycles. The molecule has 2 nitrogen and oxygen atoms in total. The number of rotatable bonds is 3. The Morgan fingerprint density at radius 1 is 1.16 bits per heavy atom. The fourth-order valence-corrected chi connectivity index (χ4v) is 2.72. The molecule has 0 N–H and O–H groups in total. The third-order valence-corrected chi connectivity index (χ3v) is 4.11. The molecule has 0 heterocycles. The normalized spacial score (nSPS) is 14.2. The Balaban J connectivity index is 3.42. The van der Waals surface area contributed by atoms with E-state index in [0.29, 0.717) is 0 Å². The Bertz CT molecular complexity index is 583. The van der Waals surface area contributed by atoms with Gasteiger partial charge in [-0.1, -0.05) is 24.6 Å². The first-order valence-corrected chi connectivity index (χ1v) is 6.86. The van der Waals surface area contributed by atoms with Crippen molar-refractivity contribution >= 4 is 9.84 Å². The van der Waals surface area contributed by atoms with Gasteiger partial charge in [0.2, 0.25) is 15.0 Å². The molecule has 0 radical (unpaired) electrons. The lowest BCUT2D eigenvalue weighted by Gasteiger charge is -2.11. The second kappa shape index (κ2) is 5.32. The standard InChI is InChI=1S/C12H12F4O2S/c1-3-10(12(14,15)16)11(13)19(17,18)9-6-4-8(2)5-7-9/h4-7H,3H2,1-2H3/b11-10+. The van der Waals surface area contributed by atoms with E-state index in [1.54, 1.807) is 6.92 Å². The number of hydrogen-bond donors (Lipinski definition) is 0. The summed E-state index contributed by atoms with van der Waals surface area (Å²) in [5.41, 5.74) is -0.956. The van der Waals surface area contributed by atoms with E-state index in [-0.39, 0.29) is 0 Å². The van der Waals surface area contributed by atoms with Crippen LogP contribution in [-0.2, 0) is 9.84 Å². The molecule has 106 valence electrons. The molecule has 0 fully saturated rings. The van der Waals surface area contributed by atoms with Crippen molar-refractivity contribution in [3.8, 4) is 0 Å².